The Hall–Kier alpha value is -2.40. The minimum atomic E-state index is 0.323. The summed E-state index contributed by atoms with van der Waals surface area (Å²) in [6, 6.07) is 9.41. The maximum Gasteiger partial charge on any atom is 0.231 e. The summed E-state index contributed by atoms with van der Waals surface area (Å²) in [7, 11) is 2.22. The highest BCUT2D eigenvalue weighted by Crippen LogP contribution is 2.51. The van der Waals surface area contributed by atoms with Gasteiger partial charge < -0.3 is 18.9 Å². The van der Waals surface area contributed by atoms with E-state index in [1.807, 2.05) is 0 Å². The van der Waals surface area contributed by atoms with Crippen LogP contribution < -0.4 is 18.9 Å². The summed E-state index contributed by atoms with van der Waals surface area (Å²) in [5, 5.41) is 0. The van der Waals surface area contributed by atoms with Gasteiger partial charge in [0.25, 0.3) is 0 Å². The maximum absolute atomic E-state index is 5.59. The van der Waals surface area contributed by atoms with Crippen LogP contribution in [0.2, 0.25) is 0 Å². The van der Waals surface area contributed by atoms with E-state index < -0.39 is 0 Å². The molecule has 0 saturated carbocycles. The van der Waals surface area contributed by atoms with Gasteiger partial charge in [-0.05, 0) is 66.4 Å². The first kappa shape index (κ1) is 13.0. The van der Waals surface area contributed by atoms with Gasteiger partial charge in [-0.2, -0.15) is 0 Å². The lowest BCUT2D eigenvalue weighted by molar-refractivity contribution is 0.137. The number of likely N-dealkylation sites (N-methyl/N-ethyl adjacent to an activating group) is 1. The van der Waals surface area contributed by atoms with Crippen LogP contribution in [-0.2, 0) is 12.8 Å². The zero-order valence-electron chi connectivity index (χ0n) is 13.4. The molecule has 2 aromatic carbocycles. The van der Waals surface area contributed by atoms with Gasteiger partial charge in [0.05, 0.1) is 0 Å². The van der Waals surface area contributed by atoms with Crippen molar-refractivity contribution in [2.75, 3.05) is 20.6 Å². The number of hydrogen-bond acceptors (Lipinski definition) is 5. The van der Waals surface area contributed by atoms with Crippen molar-refractivity contribution in [1.82, 2.24) is 4.90 Å². The minimum absolute atomic E-state index is 0.323. The number of ether oxygens (including phenoxy) is 4. The molecule has 0 aliphatic carbocycles. The van der Waals surface area contributed by atoms with Crippen LogP contribution in [0, 0.1) is 0 Å². The van der Waals surface area contributed by atoms with E-state index in [1.165, 1.54) is 22.3 Å². The van der Waals surface area contributed by atoms with E-state index in [-0.39, 0.29) is 0 Å². The van der Waals surface area contributed by atoms with Crippen molar-refractivity contribution >= 4 is 0 Å². The first-order valence-electron chi connectivity index (χ1n) is 8.35. The molecule has 0 radical (unpaired) electrons. The van der Waals surface area contributed by atoms with E-state index in [1.54, 1.807) is 0 Å². The summed E-state index contributed by atoms with van der Waals surface area (Å²) < 4.78 is 22.3. The Morgan fingerprint density at radius 2 is 1.12 bits per heavy atom. The Balaban J connectivity index is 1.51. The maximum atomic E-state index is 5.59. The molecule has 0 saturated heterocycles. The normalized spacial score (nSPS) is 25.4. The van der Waals surface area contributed by atoms with Crippen LogP contribution in [0.5, 0.6) is 23.0 Å². The third-order valence-corrected chi connectivity index (χ3v) is 5.80. The van der Waals surface area contributed by atoms with Crippen molar-refractivity contribution in [1.29, 1.82) is 0 Å². The topological polar surface area (TPSA) is 40.2 Å². The Bertz CT molecular complexity index is 807. The van der Waals surface area contributed by atoms with Crippen LogP contribution in [0.15, 0.2) is 24.3 Å². The molecule has 2 atom stereocenters. The lowest BCUT2D eigenvalue weighted by Gasteiger charge is -2.46. The van der Waals surface area contributed by atoms with Crippen LogP contribution in [0.4, 0.5) is 0 Å². The summed E-state index contributed by atoms with van der Waals surface area (Å²) in [6.07, 6.45) is 1.96. The molecule has 6 rings (SSSR count). The van der Waals surface area contributed by atoms with Crippen LogP contribution >= 0.6 is 0 Å². The summed E-state index contributed by atoms with van der Waals surface area (Å²) in [5.41, 5.74) is 5.47. The van der Waals surface area contributed by atoms with Crippen molar-refractivity contribution < 1.29 is 18.9 Å². The highest BCUT2D eigenvalue weighted by molar-refractivity contribution is 5.56. The fourth-order valence-corrected chi connectivity index (χ4v) is 4.55. The average molecular weight is 323 g/mol. The van der Waals surface area contributed by atoms with Gasteiger partial charge in [-0.15, -0.1) is 0 Å². The van der Waals surface area contributed by atoms with E-state index in [0.717, 1.165) is 35.8 Å². The standard InChI is InChI=1S/C19H17NO4/c1-20-14-2-10-4-16-18(23-8-21-16)6-12(10)15(20)3-11-5-17-19(7-13(11)14)24-9-22-17/h4-7,14-15H,2-3,8-9H2,1H3/t14-,15+. The third-order valence-electron chi connectivity index (χ3n) is 5.80. The fourth-order valence-electron chi connectivity index (χ4n) is 4.55. The highest BCUT2D eigenvalue weighted by atomic mass is 16.7. The van der Waals surface area contributed by atoms with Crippen LogP contribution in [0.3, 0.4) is 0 Å². The smallest absolute Gasteiger partial charge is 0.231 e. The first-order valence-corrected chi connectivity index (χ1v) is 8.35. The minimum Gasteiger partial charge on any atom is -0.454 e. The molecule has 122 valence electrons. The van der Waals surface area contributed by atoms with Gasteiger partial charge in [0.15, 0.2) is 23.0 Å². The molecule has 24 heavy (non-hydrogen) atoms. The molecule has 0 fully saturated rings. The van der Waals surface area contributed by atoms with Gasteiger partial charge in [0.1, 0.15) is 0 Å². The average Bonchev–Trinajstić information content (AvgIpc) is 3.21. The van der Waals surface area contributed by atoms with E-state index in [2.05, 4.69) is 36.2 Å². The Morgan fingerprint density at radius 1 is 0.708 bits per heavy atom. The second-order valence-corrected chi connectivity index (χ2v) is 6.91. The first-order chi connectivity index (χ1) is 11.8. The van der Waals surface area contributed by atoms with Crippen molar-refractivity contribution in [2.24, 2.45) is 0 Å². The molecule has 0 aromatic heterocycles. The lowest BCUT2D eigenvalue weighted by atomic mass is 9.76. The van der Waals surface area contributed by atoms with E-state index >= 15 is 0 Å². The highest BCUT2D eigenvalue weighted by Gasteiger charge is 2.40. The van der Waals surface area contributed by atoms with Crippen molar-refractivity contribution in [2.45, 2.75) is 24.9 Å². The Morgan fingerprint density at radius 3 is 1.58 bits per heavy atom. The Kier molecular flexibility index (Phi) is 2.35. The zero-order chi connectivity index (χ0) is 15.8. The molecule has 4 aliphatic heterocycles. The zero-order valence-corrected chi connectivity index (χ0v) is 13.4. The second kappa shape index (κ2) is 4.36. The van der Waals surface area contributed by atoms with Crippen molar-refractivity contribution in [3.8, 4) is 23.0 Å². The summed E-state index contributed by atoms with van der Waals surface area (Å²) in [6.45, 7) is 0.646. The monoisotopic (exact) mass is 323 g/mol. The number of fused-ring (bicyclic) bond motifs is 8. The number of hydrogen-bond donors (Lipinski definition) is 0. The molecule has 2 aromatic rings. The Labute approximate surface area is 139 Å². The fraction of sp³-hybridized carbons (Fsp3) is 0.368. The van der Waals surface area contributed by atoms with Gasteiger partial charge in [-0.25, -0.2) is 0 Å². The molecule has 5 nitrogen and oxygen atoms in total. The van der Waals surface area contributed by atoms with Crippen molar-refractivity contribution in [3.05, 3.63) is 46.5 Å². The summed E-state index contributed by atoms with van der Waals surface area (Å²) >= 11 is 0. The third kappa shape index (κ3) is 1.58. The van der Waals surface area contributed by atoms with E-state index in [9.17, 15) is 0 Å². The van der Waals surface area contributed by atoms with Crippen molar-refractivity contribution in [3.63, 3.8) is 0 Å². The molecule has 5 heteroatoms. The molecular formula is C19H17NO4. The SMILES string of the molecule is CN1[C@@H]2Cc3cc4c(cc3[C@@H]1Cc1cc3c(cc12)OCO3)OCO4. The van der Waals surface area contributed by atoms with Gasteiger partial charge in [0, 0.05) is 12.1 Å². The molecule has 4 heterocycles. The molecule has 0 unspecified atom stereocenters. The molecule has 0 N–H and O–H groups in total. The molecule has 4 aliphatic rings. The van der Waals surface area contributed by atoms with Crippen LogP contribution in [0.25, 0.3) is 0 Å². The van der Waals surface area contributed by atoms with E-state index in [0.29, 0.717) is 25.7 Å². The predicted octanol–water partition coefficient (Wildman–Crippen LogP) is 2.97. The molecule has 2 bridgehead atoms. The molecule has 0 amide bonds. The lowest BCUT2D eigenvalue weighted by Crippen LogP contribution is -2.40. The van der Waals surface area contributed by atoms with Gasteiger partial charge in [-0.3, -0.25) is 4.90 Å². The predicted molar refractivity (Wildman–Crippen MR) is 85.8 cm³/mol. The van der Waals surface area contributed by atoms with Gasteiger partial charge in [-0.1, -0.05) is 0 Å². The summed E-state index contributed by atoms with van der Waals surface area (Å²) in [5.74, 6) is 3.50. The largest absolute Gasteiger partial charge is 0.454 e. The summed E-state index contributed by atoms with van der Waals surface area (Å²) in [4.78, 5) is 2.48. The molecular weight excluding hydrogens is 306 g/mol. The second-order valence-electron chi connectivity index (χ2n) is 6.91. The van der Waals surface area contributed by atoms with Gasteiger partial charge in [0.2, 0.25) is 13.6 Å². The van der Waals surface area contributed by atoms with E-state index in [4.69, 9.17) is 18.9 Å². The van der Waals surface area contributed by atoms with Gasteiger partial charge >= 0.3 is 0 Å². The quantitative estimate of drug-likeness (QED) is 0.745. The number of nitrogens with zero attached hydrogens (tertiary/aromatic N) is 1. The number of benzene rings is 2. The molecule has 0 spiro atoms. The van der Waals surface area contributed by atoms with Crippen LogP contribution in [-0.4, -0.2) is 25.5 Å². The van der Waals surface area contributed by atoms with Crippen LogP contribution in [0.1, 0.15) is 34.3 Å². The number of rotatable bonds is 0.